The third kappa shape index (κ3) is 0.775. The number of rotatable bonds is 1. The van der Waals surface area contributed by atoms with Crippen LogP contribution in [0.5, 0.6) is 0 Å². The maximum atomic E-state index is 8.89. The molecule has 0 saturated heterocycles. The number of nitriles is 1. The van der Waals surface area contributed by atoms with E-state index in [1.54, 1.807) is 0 Å². The van der Waals surface area contributed by atoms with Gasteiger partial charge in [0.15, 0.2) is 0 Å². The van der Waals surface area contributed by atoms with Gasteiger partial charge in [0.05, 0.1) is 11.5 Å². The van der Waals surface area contributed by atoms with E-state index in [9.17, 15) is 0 Å². The van der Waals surface area contributed by atoms with Gasteiger partial charge in [0.25, 0.3) is 0 Å². The molecule has 2 heteroatoms. The zero-order valence-corrected chi connectivity index (χ0v) is 6.54. The Morgan fingerprint density at radius 1 is 1.64 bits per heavy atom. The molecule has 0 amide bonds. The van der Waals surface area contributed by atoms with Crippen LogP contribution < -0.4 is 0 Å². The van der Waals surface area contributed by atoms with Crippen molar-refractivity contribution >= 4 is 0 Å². The molecule has 0 aliphatic heterocycles. The summed E-state index contributed by atoms with van der Waals surface area (Å²) in [5, 5.41) is 8.89. The van der Waals surface area contributed by atoms with Crippen molar-refractivity contribution < 1.29 is 0 Å². The maximum Gasteiger partial charge on any atom is 0.0974 e. The summed E-state index contributed by atoms with van der Waals surface area (Å²) in [5.41, 5.74) is 1.04. The monoisotopic (exact) mass is 146 g/mol. The minimum absolute atomic E-state index is 0.127. The molecule has 0 N–H and O–H groups in total. The average Bonchev–Trinajstić information content (AvgIpc) is 2.70. The van der Waals surface area contributed by atoms with Crippen molar-refractivity contribution in [3.8, 4) is 6.07 Å². The molecule has 1 heterocycles. The zero-order chi connectivity index (χ0) is 7.90. The van der Waals surface area contributed by atoms with Crippen LogP contribution in [0.3, 0.4) is 0 Å². The van der Waals surface area contributed by atoms with Gasteiger partial charge in [0.2, 0.25) is 0 Å². The highest BCUT2D eigenvalue weighted by molar-refractivity contribution is 5.34. The van der Waals surface area contributed by atoms with Gasteiger partial charge in [-0.3, -0.25) is 0 Å². The molecule has 0 unspecified atom stereocenters. The SMILES string of the molecule is Cn1cccc1C1(C#N)CC1. The number of hydrogen-bond donors (Lipinski definition) is 0. The quantitative estimate of drug-likeness (QED) is 0.591. The molecule has 0 atom stereocenters. The Morgan fingerprint density at radius 3 is 2.73 bits per heavy atom. The summed E-state index contributed by atoms with van der Waals surface area (Å²) in [5.74, 6) is 0. The van der Waals surface area contributed by atoms with Gasteiger partial charge in [-0.15, -0.1) is 0 Å². The van der Waals surface area contributed by atoms with Crippen molar-refractivity contribution in [1.82, 2.24) is 4.57 Å². The molecule has 11 heavy (non-hydrogen) atoms. The topological polar surface area (TPSA) is 28.7 Å². The first-order chi connectivity index (χ1) is 5.28. The Labute approximate surface area is 66.1 Å². The predicted molar refractivity (Wildman–Crippen MR) is 41.9 cm³/mol. The number of aryl methyl sites for hydroxylation is 1. The summed E-state index contributed by atoms with van der Waals surface area (Å²) in [7, 11) is 1.99. The van der Waals surface area contributed by atoms with Gasteiger partial charge in [-0.25, -0.2) is 0 Å². The lowest BCUT2D eigenvalue weighted by Crippen LogP contribution is -2.07. The Kier molecular flexibility index (Phi) is 1.11. The first-order valence-electron chi connectivity index (χ1n) is 3.82. The fourth-order valence-electron chi connectivity index (χ4n) is 1.51. The van der Waals surface area contributed by atoms with E-state index in [1.165, 1.54) is 5.69 Å². The smallest absolute Gasteiger partial charge is 0.0974 e. The van der Waals surface area contributed by atoms with Crippen molar-refractivity contribution in [2.45, 2.75) is 18.3 Å². The van der Waals surface area contributed by atoms with Crippen LogP contribution in [-0.4, -0.2) is 4.57 Å². The first kappa shape index (κ1) is 6.48. The second-order valence-electron chi connectivity index (χ2n) is 3.20. The van der Waals surface area contributed by atoms with E-state index in [0.29, 0.717) is 0 Å². The van der Waals surface area contributed by atoms with Gasteiger partial charge in [0.1, 0.15) is 0 Å². The van der Waals surface area contributed by atoms with Crippen LogP contribution >= 0.6 is 0 Å². The fraction of sp³-hybridized carbons (Fsp3) is 0.444. The zero-order valence-electron chi connectivity index (χ0n) is 6.54. The summed E-state index contributed by atoms with van der Waals surface area (Å²) >= 11 is 0. The molecule has 0 spiro atoms. The molecule has 0 aromatic carbocycles. The second kappa shape index (κ2) is 1.88. The highest BCUT2D eigenvalue weighted by atomic mass is 14.9. The summed E-state index contributed by atoms with van der Waals surface area (Å²) in [6.07, 6.45) is 4.05. The van der Waals surface area contributed by atoms with E-state index >= 15 is 0 Å². The van der Waals surface area contributed by atoms with Crippen molar-refractivity contribution in [2.75, 3.05) is 0 Å². The van der Waals surface area contributed by atoms with Crippen LogP contribution in [0.25, 0.3) is 0 Å². The Balaban J connectivity index is 2.45. The van der Waals surface area contributed by atoms with Crippen molar-refractivity contribution in [2.24, 2.45) is 7.05 Å². The standard InChI is InChI=1S/C9H10N2/c1-11-6-2-3-8(11)9(7-10)4-5-9/h2-3,6H,4-5H2,1H3. The highest BCUT2D eigenvalue weighted by Crippen LogP contribution is 2.47. The van der Waals surface area contributed by atoms with Crippen LogP contribution in [-0.2, 0) is 12.5 Å². The molecule has 56 valence electrons. The molecule has 2 nitrogen and oxygen atoms in total. The summed E-state index contributed by atoms with van der Waals surface area (Å²) in [6.45, 7) is 0. The van der Waals surface area contributed by atoms with E-state index in [0.717, 1.165) is 12.8 Å². The molecule has 1 aliphatic rings. The van der Waals surface area contributed by atoms with Crippen LogP contribution in [0.1, 0.15) is 18.5 Å². The molecule has 0 bridgehead atoms. The van der Waals surface area contributed by atoms with E-state index in [4.69, 9.17) is 5.26 Å². The van der Waals surface area contributed by atoms with E-state index in [-0.39, 0.29) is 5.41 Å². The third-order valence-corrected chi connectivity index (χ3v) is 2.40. The van der Waals surface area contributed by atoms with Crippen molar-refractivity contribution in [3.63, 3.8) is 0 Å². The van der Waals surface area contributed by atoms with Gasteiger partial charge in [-0.1, -0.05) is 0 Å². The minimum Gasteiger partial charge on any atom is -0.353 e. The summed E-state index contributed by atoms with van der Waals surface area (Å²) < 4.78 is 2.04. The molecule has 2 rings (SSSR count). The van der Waals surface area contributed by atoms with Gasteiger partial charge in [0, 0.05) is 18.9 Å². The van der Waals surface area contributed by atoms with Gasteiger partial charge < -0.3 is 4.57 Å². The van der Waals surface area contributed by atoms with Gasteiger partial charge >= 0.3 is 0 Å². The summed E-state index contributed by atoms with van der Waals surface area (Å²) in [6, 6.07) is 6.41. The van der Waals surface area contributed by atoms with Crippen LogP contribution in [0, 0.1) is 11.3 Å². The first-order valence-corrected chi connectivity index (χ1v) is 3.82. The Morgan fingerprint density at radius 2 is 2.36 bits per heavy atom. The lowest BCUT2D eigenvalue weighted by molar-refractivity contribution is 0.755. The highest BCUT2D eigenvalue weighted by Gasteiger charge is 2.46. The van der Waals surface area contributed by atoms with E-state index in [2.05, 4.69) is 6.07 Å². The molecule has 0 radical (unpaired) electrons. The van der Waals surface area contributed by atoms with Crippen LogP contribution in [0.15, 0.2) is 18.3 Å². The molecule has 1 aromatic rings. The predicted octanol–water partition coefficient (Wildman–Crippen LogP) is 1.58. The minimum atomic E-state index is -0.127. The largest absolute Gasteiger partial charge is 0.353 e. The molecular formula is C9H10N2. The van der Waals surface area contributed by atoms with E-state index in [1.807, 2.05) is 29.9 Å². The lowest BCUT2D eigenvalue weighted by atomic mass is 10.1. The molecular weight excluding hydrogens is 136 g/mol. The molecule has 1 aliphatic carbocycles. The Hall–Kier alpha value is -1.23. The maximum absolute atomic E-state index is 8.89. The molecule has 1 fully saturated rings. The molecule has 1 saturated carbocycles. The lowest BCUT2D eigenvalue weighted by Gasteiger charge is -2.06. The van der Waals surface area contributed by atoms with Crippen LogP contribution in [0.4, 0.5) is 0 Å². The number of aromatic nitrogens is 1. The van der Waals surface area contributed by atoms with Crippen molar-refractivity contribution in [1.29, 1.82) is 5.26 Å². The third-order valence-electron chi connectivity index (χ3n) is 2.40. The van der Waals surface area contributed by atoms with Crippen LogP contribution in [0.2, 0.25) is 0 Å². The van der Waals surface area contributed by atoms with Gasteiger partial charge in [-0.05, 0) is 25.0 Å². The second-order valence-corrected chi connectivity index (χ2v) is 3.20. The van der Waals surface area contributed by atoms with Gasteiger partial charge in [-0.2, -0.15) is 5.26 Å². The average molecular weight is 146 g/mol. The van der Waals surface area contributed by atoms with E-state index < -0.39 is 0 Å². The number of hydrogen-bond acceptors (Lipinski definition) is 1. The summed E-state index contributed by atoms with van der Waals surface area (Å²) in [4.78, 5) is 0. The normalized spacial score (nSPS) is 19.3. The molecule has 1 aromatic heterocycles. The Bertz CT molecular complexity index is 313. The fourth-order valence-corrected chi connectivity index (χ4v) is 1.51. The van der Waals surface area contributed by atoms with Crippen molar-refractivity contribution in [3.05, 3.63) is 24.0 Å². The number of nitrogens with zero attached hydrogens (tertiary/aromatic N) is 2.